The van der Waals surface area contributed by atoms with Crippen LogP contribution in [0.5, 0.6) is 0 Å². The molecular weight excluding hydrogens is 110 g/mol. The first kappa shape index (κ1) is 7.84. The van der Waals surface area contributed by atoms with E-state index in [1.165, 1.54) is 0 Å². The van der Waals surface area contributed by atoms with Crippen LogP contribution in [0.4, 0.5) is 0 Å². The van der Waals surface area contributed by atoms with Crippen LogP contribution in [-0.4, -0.2) is 27.1 Å². The smallest absolute Gasteiger partial charge is 0.146 e. The van der Waals surface area contributed by atoms with E-state index in [0.717, 1.165) is 0 Å². The zero-order chi connectivity index (χ0) is 6.78. The average Bonchev–Trinajstić information content (AvgIpc) is 1.21. The van der Waals surface area contributed by atoms with Crippen molar-refractivity contribution in [1.29, 1.82) is 0 Å². The Morgan fingerprint density at radius 1 is 1.25 bits per heavy atom. The maximum Gasteiger partial charge on any atom is 0.179 e. The lowest BCUT2D eigenvalue weighted by Crippen LogP contribution is -2.40. The van der Waals surface area contributed by atoms with Crippen LogP contribution in [0.1, 0.15) is 13.8 Å². The van der Waals surface area contributed by atoms with Crippen LogP contribution in [0, 0.1) is 5.92 Å². The molecule has 0 aromatic rings. The van der Waals surface area contributed by atoms with Crippen molar-refractivity contribution in [3.8, 4) is 0 Å². The minimum absolute atomic E-state index is 0.0648. The number of hydroxylamine groups is 3. The molecule has 4 nitrogen and oxygen atoms in total. The molecule has 0 aliphatic rings. The van der Waals surface area contributed by atoms with Crippen LogP contribution in [0.3, 0.4) is 0 Å². The second kappa shape index (κ2) is 2.41. The first-order chi connectivity index (χ1) is 3.42. The quantitative estimate of drug-likeness (QED) is 0.372. The lowest BCUT2D eigenvalue weighted by atomic mass is 10.2. The molecule has 0 aromatic carbocycles. The number of hydrogen-bond donors (Lipinski definition) is 3. The van der Waals surface area contributed by atoms with Gasteiger partial charge < -0.3 is 0 Å². The van der Waals surface area contributed by atoms with E-state index in [1.54, 1.807) is 13.8 Å². The number of quaternary nitrogens is 1. The van der Waals surface area contributed by atoms with Crippen molar-refractivity contribution >= 4 is 0 Å². The van der Waals surface area contributed by atoms with E-state index < -0.39 is 4.97 Å². The van der Waals surface area contributed by atoms with E-state index in [0.29, 0.717) is 0 Å². The van der Waals surface area contributed by atoms with E-state index >= 15 is 0 Å². The van der Waals surface area contributed by atoms with Crippen LogP contribution < -0.4 is 0 Å². The van der Waals surface area contributed by atoms with Crippen molar-refractivity contribution < 1.29 is 20.6 Å². The molecule has 0 saturated heterocycles. The standard InChI is InChI=1S/C4H12NO3/c1-4(2)3-5(6,7)8/h4,6-8H,3H2,1-2H3/q+1. The number of nitrogens with zero attached hydrogens (tertiary/aromatic N) is 1. The molecule has 0 rings (SSSR count). The largest absolute Gasteiger partial charge is 0.179 e. The van der Waals surface area contributed by atoms with Gasteiger partial charge in [-0.1, -0.05) is 13.8 Å². The van der Waals surface area contributed by atoms with Gasteiger partial charge in [0.2, 0.25) is 0 Å². The Morgan fingerprint density at radius 2 is 1.62 bits per heavy atom. The minimum atomic E-state index is -1.92. The zero-order valence-corrected chi connectivity index (χ0v) is 5.07. The molecule has 0 heterocycles. The molecule has 0 unspecified atom stereocenters. The van der Waals surface area contributed by atoms with Gasteiger partial charge in [0, 0.05) is 5.92 Å². The fraction of sp³-hybridized carbons (Fsp3) is 1.00. The highest BCUT2D eigenvalue weighted by molar-refractivity contribution is 4.33. The lowest BCUT2D eigenvalue weighted by molar-refractivity contribution is -1.37. The fourth-order valence-corrected chi connectivity index (χ4v) is 0.490. The van der Waals surface area contributed by atoms with Crippen molar-refractivity contribution in [3.63, 3.8) is 0 Å². The third kappa shape index (κ3) is 5.84. The maximum absolute atomic E-state index is 8.24. The normalized spacial score (nSPS) is 12.8. The highest BCUT2D eigenvalue weighted by Crippen LogP contribution is 1.97. The molecule has 0 atom stereocenters. The summed E-state index contributed by atoms with van der Waals surface area (Å²) in [5.74, 6) is 0.0648. The summed E-state index contributed by atoms with van der Waals surface area (Å²) in [6.07, 6.45) is 0. The first-order valence-electron chi connectivity index (χ1n) is 2.48. The highest BCUT2D eigenvalue weighted by atomic mass is 17.1. The Bertz CT molecular complexity index is 66.2. The number of rotatable bonds is 2. The summed E-state index contributed by atoms with van der Waals surface area (Å²) in [6.45, 7) is 3.48. The summed E-state index contributed by atoms with van der Waals surface area (Å²) in [7, 11) is 0. The highest BCUT2D eigenvalue weighted by Gasteiger charge is 2.19. The molecule has 0 amide bonds. The summed E-state index contributed by atoms with van der Waals surface area (Å²) in [5, 5.41) is 24.7. The summed E-state index contributed by atoms with van der Waals surface area (Å²) >= 11 is 0. The molecule has 0 aliphatic heterocycles. The molecule has 0 spiro atoms. The lowest BCUT2D eigenvalue weighted by Gasteiger charge is -2.12. The van der Waals surface area contributed by atoms with Gasteiger partial charge in [-0.2, -0.15) is 0 Å². The van der Waals surface area contributed by atoms with Crippen LogP contribution in [0.2, 0.25) is 0 Å². The molecule has 4 heteroatoms. The molecule has 0 aliphatic carbocycles. The summed E-state index contributed by atoms with van der Waals surface area (Å²) in [6, 6.07) is 0. The van der Waals surface area contributed by atoms with Crippen molar-refractivity contribution in [3.05, 3.63) is 0 Å². The van der Waals surface area contributed by atoms with E-state index in [2.05, 4.69) is 0 Å². The molecule has 50 valence electrons. The van der Waals surface area contributed by atoms with Crippen molar-refractivity contribution in [2.75, 3.05) is 6.54 Å². The maximum atomic E-state index is 8.24. The molecular formula is C4H12NO3+. The predicted octanol–water partition coefficient (Wildman–Crippen LogP) is 0.627. The predicted molar refractivity (Wildman–Crippen MR) is 25.3 cm³/mol. The Hall–Kier alpha value is -0.160. The topological polar surface area (TPSA) is 60.7 Å². The molecule has 0 radical (unpaired) electrons. The Morgan fingerprint density at radius 3 is 1.62 bits per heavy atom. The Balaban J connectivity index is 3.39. The summed E-state index contributed by atoms with van der Waals surface area (Å²) < 4.78 is 0. The summed E-state index contributed by atoms with van der Waals surface area (Å²) in [4.78, 5) is -1.92. The minimum Gasteiger partial charge on any atom is -0.146 e. The monoisotopic (exact) mass is 122 g/mol. The third-order valence-electron chi connectivity index (χ3n) is 0.610. The second-order valence-corrected chi connectivity index (χ2v) is 2.27. The van der Waals surface area contributed by atoms with Crippen molar-refractivity contribution in [2.45, 2.75) is 13.8 Å². The van der Waals surface area contributed by atoms with Crippen LogP contribution in [0.15, 0.2) is 0 Å². The van der Waals surface area contributed by atoms with E-state index in [1.807, 2.05) is 0 Å². The van der Waals surface area contributed by atoms with Gasteiger partial charge in [-0.3, -0.25) is 0 Å². The van der Waals surface area contributed by atoms with Crippen LogP contribution in [0.25, 0.3) is 0 Å². The van der Waals surface area contributed by atoms with Gasteiger partial charge in [0.05, 0.1) is 4.97 Å². The van der Waals surface area contributed by atoms with Gasteiger partial charge >= 0.3 is 0 Å². The van der Waals surface area contributed by atoms with E-state index in [-0.39, 0.29) is 12.5 Å². The van der Waals surface area contributed by atoms with E-state index in [9.17, 15) is 0 Å². The second-order valence-electron chi connectivity index (χ2n) is 2.27. The summed E-state index contributed by atoms with van der Waals surface area (Å²) in [5.41, 5.74) is 0. The number of hydrogen-bond acceptors (Lipinski definition) is 3. The molecule has 8 heavy (non-hydrogen) atoms. The SMILES string of the molecule is CC(C)C[N+](O)(O)O. The molecule has 0 fully saturated rings. The van der Waals surface area contributed by atoms with Gasteiger partial charge in [0.25, 0.3) is 0 Å². The molecule has 0 bridgehead atoms. The van der Waals surface area contributed by atoms with Gasteiger partial charge in [-0.05, 0) is 0 Å². The Labute approximate surface area is 48.0 Å². The van der Waals surface area contributed by atoms with Gasteiger partial charge in [-0.15, -0.1) is 15.6 Å². The molecule has 3 N–H and O–H groups in total. The zero-order valence-electron chi connectivity index (χ0n) is 5.07. The van der Waals surface area contributed by atoms with Gasteiger partial charge in [-0.25, -0.2) is 0 Å². The van der Waals surface area contributed by atoms with Crippen molar-refractivity contribution in [1.82, 2.24) is 0 Å². The van der Waals surface area contributed by atoms with Crippen LogP contribution in [-0.2, 0) is 0 Å². The van der Waals surface area contributed by atoms with Crippen molar-refractivity contribution in [2.24, 2.45) is 5.92 Å². The van der Waals surface area contributed by atoms with E-state index in [4.69, 9.17) is 15.6 Å². The average molecular weight is 122 g/mol. The third-order valence-corrected chi connectivity index (χ3v) is 0.610. The first-order valence-corrected chi connectivity index (χ1v) is 2.48. The fourth-order valence-electron chi connectivity index (χ4n) is 0.490. The molecule has 0 aromatic heterocycles. The Kier molecular flexibility index (Phi) is 2.36. The van der Waals surface area contributed by atoms with Gasteiger partial charge in [0.15, 0.2) is 6.54 Å². The van der Waals surface area contributed by atoms with Gasteiger partial charge in [0.1, 0.15) is 0 Å². The van der Waals surface area contributed by atoms with Crippen LogP contribution >= 0.6 is 0 Å². The molecule has 0 saturated carbocycles.